The molecule has 0 unspecified atom stereocenters. The summed E-state index contributed by atoms with van der Waals surface area (Å²) in [5, 5.41) is 12.2. The molecule has 28 heavy (non-hydrogen) atoms. The molecule has 0 spiro atoms. The van der Waals surface area contributed by atoms with Crippen molar-refractivity contribution in [3.8, 4) is 0 Å². The molecule has 0 bridgehead atoms. The number of aryl methyl sites for hydroxylation is 1. The van der Waals surface area contributed by atoms with E-state index in [-0.39, 0.29) is 5.57 Å². The zero-order valence-corrected chi connectivity index (χ0v) is 17.4. The fraction of sp³-hybridized carbons (Fsp3) is 0.286. The van der Waals surface area contributed by atoms with Crippen molar-refractivity contribution in [1.82, 2.24) is 14.5 Å². The first-order valence-electron chi connectivity index (χ1n) is 9.13. The van der Waals surface area contributed by atoms with Gasteiger partial charge in [0.05, 0.1) is 35.2 Å². The highest BCUT2D eigenvalue weighted by Crippen LogP contribution is 2.29. The van der Waals surface area contributed by atoms with E-state index in [0.29, 0.717) is 22.8 Å². The van der Waals surface area contributed by atoms with Crippen molar-refractivity contribution in [2.45, 2.75) is 39.7 Å². The SMILES string of the molecule is CCCCc1ncc(C(C)=C(C(=O)O)c2cscn2)n1Cc1ccccc1Cl. The lowest BCUT2D eigenvalue weighted by Crippen LogP contribution is -2.11. The number of carbonyl (C=O) groups is 1. The summed E-state index contributed by atoms with van der Waals surface area (Å²) in [6.45, 7) is 4.49. The van der Waals surface area contributed by atoms with Crippen molar-refractivity contribution in [1.29, 1.82) is 0 Å². The third-order valence-electron chi connectivity index (χ3n) is 4.64. The predicted molar refractivity (Wildman–Crippen MR) is 114 cm³/mol. The van der Waals surface area contributed by atoms with Crippen LogP contribution in [0.4, 0.5) is 0 Å². The van der Waals surface area contributed by atoms with E-state index < -0.39 is 5.97 Å². The Morgan fingerprint density at radius 1 is 1.29 bits per heavy atom. The van der Waals surface area contributed by atoms with Gasteiger partial charge in [-0.25, -0.2) is 14.8 Å². The number of imidazole rings is 1. The largest absolute Gasteiger partial charge is 0.478 e. The van der Waals surface area contributed by atoms with Gasteiger partial charge >= 0.3 is 5.97 Å². The fourth-order valence-corrected chi connectivity index (χ4v) is 3.89. The standard InChI is InChI=1S/C21H22ClN3O2S/c1-3-4-9-19-23-10-18(25(19)11-15-7-5-6-8-16(15)22)14(2)20(21(26)27)17-12-28-13-24-17/h5-8,10,12-13H,3-4,9,11H2,1-2H3,(H,26,27). The summed E-state index contributed by atoms with van der Waals surface area (Å²) in [5.41, 5.74) is 4.69. The van der Waals surface area contributed by atoms with E-state index in [4.69, 9.17) is 11.6 Å². The van der Waals surface area contributed by atoms with E-state index in [1.807, 2.05) is 31.2 Å². The maximum absolute atomic E-state index is 12.0. The smallest absolute Gasteiger partial charge is 0.338 e. The van der Waals surface area contributed by atoms with Crippen LogP contribution in [0.5, 0.6) is 0 Å². The molecule has 146 valence electrons. The van der Waals surface area contributed by atoms with Crippen LogP contribution in [0.15, 0.2) is 41.4 Å². The minimum atomic E-state index is -0.996. The van der Waals surface area contributed by atoms with Crippen LogP contribution in [0.3, 0.4) is 0 Å². The van der Waals surface area contributed by atoms with Gasteiger partial charge in [0.25, 0.3) is 0 Å². The number of hydrogen-bond donors (Lipinski definition) is 1. The van der Waals surface area contributed by atoms with Crippen LogP contribution < -0.4 is 0 Å². The predicted octanol–water partition coefficient (Wildman–Crippen LogP) is 5.40. The molecule has 3 rings (SSSR count). The minimum absolute atomic E-state index is 0.198. The lowest BCUT2D eigenvalue weighted by atomic mass is 10.0. The van der Waals surface area contributed by atoms with Gasteiger partial charge in [0, 0.05) is 16.8 Å². The first kappa shape index (κ1) is 20.3. The van der Waals surface area contributed by atoms with Gasteiger partial charge in [-0.2, -0.15) is 0 Å². The van der Waals surface area contributed by atoms with Crippen LogP contribution in [0.2, 0.25) is 5.02 Å². The molecular weight excluding hydrogens is 394 g/mol. The molecule has 0 radical (unpaired) electrons. The second-order valence-corrected chi connectivity index (χ2v) is 7.65. The van der Waals surface area contributed by atoms with Crippen molar-refractivity contribution in [2.24, 2.45) is 0 Å². The number of allylic oxidation sites excluding steroid dienone is 1. The topological polar surface area (TPSA) is 68.0 Å². The van der Waals surface area contributed by atoms with E-state index in [9.17, 15) is 9.90 Å². The highest BCUT2D eigenvalue weighted by atomic mass is 35.5. The number of benzene rings is 1. The van der Waals surface area contributed by atoms with Crippen LogP contribution in [0.25, 0.3) is 11.1 Å². The number of aliphatic carboxylic acids is 1. The van der Waals surface area contributed by atoms with E-state index in [0.717, 1.165) is 36.3 Å². The number of carboxylic acids is 1. The van der Waals surface area contributed by atoms with Crippen LogP contribution >= 0.6 is 22.9 Å². The van der Waals surface area contributed by atoms with Gasteiger partial charge in [0.2, 0.25) is 0 Å². The highest BCUT2D eigenvalue weighted by molar-refractivity contribution is 7.07. The summed E-state index contributed by atoms with van der Waals surface area (Å²) >= 11 is 7.75. The average Bonchev–Trinajstić information content (AvgIpc) is 3.32. The molecule has 2 aromatic heterocycles. The Balaban J connectivity index is 2.12. The van der Waals surface area contributed by atoms with Crippen molar-refractivity contribution < 1.29 is 9.90 Å². The Morgan fingerprint density at radius 3 is 2.71 bits per heavy atom. The monoisotopic (exact) mass is 415 g/mol. The number of unbranched alkanes of at least 4 members (excludes halogenated alkanes) is 1. The number of nitrogens with zero attached hydrogens (tertiary/aromatic N) is 3. The van der Waals surface area contributed by atoms with Crippen LogP contribution in [-0.2, 0) is 17.8 Å². The number of hydrogen-bond acceptors (Lipinski definition) is 4. The van der Waals surface area contributed by atoms with E-state index >= 15 is 0 Å². The Hall–Kier alpha value is -2.44. The molecule has 0 saturated carbocycles. The molecule has 7 heteroatoms. The minimum Gasteiger partial charge on any atom is -0.478 e. The average molecular weight is 416 g/mol. The summed E-state index contributed by atoms with van der Waals surface area (Å²) in [6, 6.07) is 7.69. The lowest BCUT2D eigenvalue weighted by Gasteiger charge is -2.15. The van der Waals surface area contributed by atoms with Crippen molar-refractivity contribution >= 4 is 40.1 Å². The molecule has 0 fully saturated rings. The number of rotatable bonds is 8. The third-order valence-corrected chi connectivity index (χ3v) is 5.60. The maximum atomic E-state index is 12.0. The van der Waals surface area contributed by atoms with E-state index in [2.05, 4.69) is 21.5 Å². The first-order valence-corrected chi connectivity index (χ1v) is 10.5. The number of halogens is 1. The molecule has 0 aliphatic heterocycles. The van der Waals surface area contributed by atoms with Gasteiger partial charge in [-0.3, -0.25) is 0 Å². The Bertz CT molecular complexity index is 993. The van der Waals surface area contributed by atoms with Gasteiger partial charge in [-0.05, 0) is 30.5 Å². The van der Waals surface area contributed by atoms with E-state index in [1.54, 1.807) is 17.1 Å². The summed E-state index contributed by atoms with van der Waals surface area (Å²) < 4.78 is 2.07. The van der Waals surface area contributed by atoms with Crippen molar-refractivity contribution in [2.75, 3.05) is 0 Å². The normalized spacial score (nSPS) is 12.1. The van der Waals surface area contributed by atoms with Gasteiger partial charge in [-0.1, -0.05) is 43.1 Å². The second-order valence-electron chi connectivity index (χ2n) is 6.52. The lowest BCUT2D eigenvalue weighted by molar-refractivity contribution is -0.130. The van der Waals surface area contributed by atoms with Gasteiger partial charge in [-0.15, -0.1) is 11.3 Å². The molecule has 1 aromatic carbocycles. The molecular formula is C21H22ClN3O2S. The van der Waals surface area contributed by atoms with Crippen molar-refractivity contribution in [3.63, 3.8) is 0 Å². The highest BCUT2D eigenvalue weighted by Gasteiger charge is 2.21. The summed E-state index contributed by atoms with van der Waals surface area (Å²) in [6.07, 6.45) is 4.65. The Labute approximate surface area is 173 Å². The molecule has 0 saturated heterocycles. The molecule has 0 aliphatic rings. The molecule has 5 nitrogen and oxygen atoms in total. The van der Waals surface area contributed by atoms with Crippen LogP contribution in [0.1, 0.15) is 49.5 Å². The molecule has 0 atom stereocenters. The van der Waals surface area contributed by atoms with Crippen LogP contribution in [0, 0.1) is 0 Å². The van der Waals surface area contributed by atoms with Crippen molar-refractivity contribution in [3.05, 3.63) is 69.2 Å². The number of carboxylic acid groups (broad SMARTS) is 1. The van der Waals surface area contributed by atoms with E-state index in [1.165, 1.54) is 11.3 Å². The second kappa shape index (κ2) is 9.17. The quantitative estimate of drug-likeness (QED) is 0.500. The zero-order valence-electron chi connectivity index (χ0n) is 15.9. The Kier molecular flexibility index (Phi) is 6.65. The number of thiazole rings is 1. The molecule has 2 heterocycles. The zero-order chi connectivity index (χ0) is 20.1. The molecule has 0 amide bonds. The molecule has 1 N–H and O–H groups in total. The fourth-order valence-electron chi connectivity index (χ4n) is 3.15. The Morgan fingerprint density at radius 2 is 2.07 bits per heavy atom. The molecule has 3 aromatic rings. The number of aromatic nitrogens is 3. The van der Waals surface area contributed by atoms with Crippen LogP contribution in [-0.4, -0.2) is 25.6 Å². The van der Waals surface area contributed by atoms with Gasteiger partial charge < -0.3 is 9.67 Å². The maximum Gasteiger partial charge on any atom is 0.338 e. The molecule has 0 aliphatic carbocycles. The summed E-state index contributed by atoms with van der Waals surface area (Å²) in [4.78, 5) is 20.8. The summed E-state index contributed by atoms with van der Waals surface area (Å²) in [5.74, 6) is -0.0665. The first-order chi connectivity index (χ1) is 13.5. The van der Waals surface area contributed by atoms with Gasteiger partial charge in [0.1, 0.15) is 5.82 Å². The third kappa shape index (κ3) is 4.34. The summed E-state index contributed by atoms with van der Waals surface area (Å²) in [7, 11) is 0. The van der Waals surface area contributed by atoms with Gasteiger partial charge in [0.15, 0.2) is 0 Å².